The lowest BCUT2D eigenvalue weighted by atomic mass is 9.85. The molecule has 0 saturated heterocycles. The molecule has 2 nitrogen and oxygen atoms in total. The summed E-state index contributed by atoms with van der Waals surface area (Å²) in [5, 5.41) is 13.0. The number of nitrogens with one attached hydrogen (secondary N) is 1. The molecule has 106 valence electrons. The van der Waals surface area contributed by atoms with Crippen molar-refractivity contribution in [3.8, 4) is 17.2 Å². The Balaban J connectivity index is 1.88. The van der Waals surface area contributed by atoms with Gasteiger partial charge in [-0.25, -0.2) is 0 Å². The maximum absolute atomic E-state index is 9.34. The number of hydrogen-bond acceptors (Lipinski definition) is 2. The molecule has 0 spiro atoms. The van der Waals surface area contributed by atoms with E-state index in [-0.39, 0.29) is 12.0 Å². The van der Waals surface area contributed by atoms with E-state index in [1.165, 1.54) is 24.0 Å². The number of benzene rings is 2. The molecule has 2 atom stereocenters. The average Bonchev–Trinajstić information content (AvgIpc) is 2.57. The van der Waals surface area contributed by atoms with Gasteiger partial charge < -0.3 is 5.32 Å². The van der Waals surface area contributed by atoms with Crippen LogP contribution >= 0.6 is 0 Å². The zero-order chi connectivity index (χ0) is 14.5. The van der Waals surface area contributed by atoms with Gasteiger partial charge in [-0.2, -0.15) is 5.26 Å². The van der Waals surface area contributed by atoms with Crippen LogP contribution in [0.3, 0.4) is 0 Å². The Morgan fingerprint density at radius 3 is 2.43 bits per heavy atom. The summed E-state index contributed by atoms with van der Waals surface area (Å²) in [7, 11) is 0. The highest BCUT2D eigenvalue weighted by Crippen LogP contribution is 2.32. The molecule has 1 saturated carbocycles. The first-order chi connectivity index (χ1) is 10.4. The molecule has 0 bridgehead atoms. The van der Waals surface area contributed by atoms with Crippen LogP contribution in [-0.4, -0.2) is 6.04 Å². The second-order valence-electron chi connectivity index (χ2n) is 5.68. The minimum absolute atomic E-state index is 0.127. The van der Waals surface area contributed by atoms with Crippen molar-refractivity contribution < 1.29 is 0 Å². The zero-order valence-electron chi connectivity index (χ0n) is 12.1. The summed E-state index contributed by atoms with van der Waals surface area (Å²) in [5.74, 6) is 0.127. The van der Waals surface area contributed by atoms with Gasteiger partial charge in [-0.15, -0.1) is 0 Å². The molecule has 3 rings (SSSR count). The third kappa shape index (κ3) is 3.08. The Hall–Kier alpha value is -2.27. The van der Waals surface area contributed by atoms with Crippen LogP contribution in [0.15, 0.2) is 54.6 Å². The van der Waals surface area contributed by atoms with Crippen molar-refractivity contribution in [2.24, 2.45) is 5.92 Å². The SMILES string of the molecule is N#CC1CCCCC1Nc1ccccc1-c1ccccc1. The first kappa shape index (κ1) is 13.7. The Morgan fingerprint density at radius 1 is 0.905 bits per heavy atom. The van der Waals surface area contributed by atoms with Crippen LogP contribution in [0.5, 0.6) is 0 Å². The lowest BCUT2D eigenvalue weighted by Gasteiger charge is -2.29. The molecule has 2 aromatic rings. The summed E-state index contributed by atoms with van der Waals surface area (Å²) in [5.41, 5.74) is 3.56. The number of anilines is 1. The van der Waals surface area contributed by atoms with Crippen molar-refractivity contribution in [1.29, 1.82) is 5.26 Å². The van der Waals surface area contributed by atoms with E-state index >= 15 is 0 Å². The average molecular weight is 276 g/mol. The number of nitriles is 1. The maximum Gasteiger partial charge on any atom is 0.0677 e. The van der Waals surface area contributed by atoms with Gasteiger partial charge in [0.1, 0.15) is 0 Å². The third-order valence-electron chi connectivity index (χ3n) is 4.28. The normalized spacial score (nSPS) is 21.5. The predicted molar refractivity (Wildman–Crippen MR) is 86.9 cm³/mol. The molecular formula is C19H20N2. The fourth-order valence-electron chi connectivity index (χ4n) is 3.14. The zero-order valence-corrected chi connectivity index (χ0v) is 12.1. The van der Waals surface area contributed by atoms with Gasteiger partial charge in [0.25, 0.3) is 0 Å². The second-order valence-corrected chi connectivity index (χ2v) is 5.68. The van der Waals surface area contributed by atoms with Gasteiger partial charge in [0.2, 0.25) is 0 Å². The largest absolute Gasteiger partial charge is 0.380 e. The van der Waals surface area contributed by atoms with Crippen LogP contribution in [0.2, 0.25) is 0 Å². The van der Waals surface area contributed by atoms with E-state index in [4.69, 9.17) is 0 Å². The first-order valence-electron chi connectivity index (χ1n) is 7.69. The molecule has 0 radical (unpaired) electrons. The molecule has 0 aromatic heterocycles. The van der Waals surface area contributed by atoms with Gasteiger partial charge >= 0.3 is 0 Å². The molecule has 0 amide bonds. The summed E-state index contributed by atoms with van der Waals surface area (Å²) in [6, 6.07) is 21.5. The Labute approximate surface area is 126 Å². The van der Waals surface area contributed by atoms with Crippen LogP contribution in [0.1, 0.15) is 25.7 Å². The Bertz CT molecular complexity index is 628. The second kappa shape index (κ2) is 6.45. The summed E-state index contributed by atoms with van der Waals surface area (Å²) in [4.78, 5) is 0. The van der Waals surface area contributed by atoms with E-state index in [2.05, 4.69) is 59.9 Å². The molecule has 0 aliphatic heterocycles. The first-order valence-corrected chi connectivity index (χ1v) is 7.69. The lowest BCUT2D eigenvalue weighted by Crippen LogP contribution is -2.31. The molecular weight excluding hydrogens is 256 g/mol. The van der Waals surface area contributed by atoms with Gasteiger partial charge in [-0.1, -0.05) is 61.4 Å². The number of nitrogens with zero attached hydrogens (tertiary/aromatic N) is 1. The van der Waals surface area contributed by atoms with Crippen molar-refractivity contribution in [2.45, 2.75) is 31.7 Å². The molecule has 1 aliphatic rings. The van der Waals surface area contributed by atoms with Crippen molar-refractivity contribution in [3.63, 3.8) is 0 Å². The highest BCUT2D eigenvalue weighted by atomic mass is 14.9. The number of rotatable bonds is 3. The fourth-order valence-corrected chi connectivity index (χ4v) is 3.14. The smallest absolute Gasteiger partial charge is 0.0677 e. The molecule has 21 heavy (non-hydrogen) atoms. The van der Waals surface area contributed by atoms with Crippen LogP contribution in [0, 0.1) is 17.2 Å². The van der Waals surface area contributed by atoms with Crippen molar-refractivity contribution in [2.75, 3.05) is 5.32 Å². The maximum atomic E-state index is 9.34. The minimum atomic E-state index is 0.127. The third-order valence-corrected chi connectivity index (χ3v) is 4.28. The summed E-state index contributed by atoms with van der Waals surface area (Å²) < 4.78 is 0. The van der Waals surface area contributed by atoms with Gasteiger partial charge in [-0.05, 0) is 24.5 Å². The molecule has 0 heterocycles. The molecule has 2 heteroatoms. The van der Waals surface area contributed by atoms with Gasteiger partial charge in [-0.3, -0.25) is 0 Å². The van der Waals surface area contributed by atoms with Crippen LogP contribution in [0.25, 0.3) is 11.1 Å². The minimum Gasteiger partial charge on any atom is -0.380 e. The van der Waals surface area contributed by atoms with Crippen LogP contribution in [0.4, 0.5) is 5.69 Å². The van der Waals surface area contributed by atoms with Crippen molar-refractivity contribution in [3.05, 3.63) is 54.6 Å². The standard InChI is InChI=1S/C19H20N2/c20-14-16-10-4-6-12-18(16)21-19-13-7-5-11-17(19)15-8-2-1-3-9-15/h1-3,5,7-9,11,13,16,18,21H,4,6,10,12H2. The molecule has 1 N–H and O–H groups in total. The van der Waals surface area contributed by atoms with Crippen LogP contribution < -0.4 is 5.32 Å². The molecule has 1 fully saturated rings. The number of hydrogen-bond donors (Lipinski definition) is 1. The summed E-state index contributed by atoms with van der Waals surface area (Å²) in [6.07, 6.45) is 4.49. The Morgan fingerprint density at radius 2 is 1.62 bits per heavy atom. The molecule has 2 unspecified atom stereocenters. The van der Waals surface area contributed by atoms with E-state index < -0.39 is 0 Å². The fraction of sp³-hybridized carbons (Fsp3) is 0.316. The number of para-hydroxylation sites is 1. The predicted octanol–water partition coefficient (Wildman–Crippen LogP) is 4.85. The van der Waals surface area contributed by atoms with Gasteiger partial charge in [0, 0.05) is 17.3 Å². The van der Waals surface area contributed by atoms with Crippen LogP contribution in [-0.2, 0) is 0 Å². The topological polar surface area (TPSA) is 35.8 Å². The molecule has 1 aliphatic carbocycles. The highest BCUT2D eigenvalue weighted by Gasteiger charge is 2.25. The van der Waals surface area contributed by atoms with E-state index in [9.17, 15) is 5.26 Å². The van der Waals surface area contributed by atoms with Gasteiger partial charge in [0.05, 0.1) is 12.0 Å². The van der Waals surface area contributed by atoms with Crippen molar-refractivity contribution in [1.82, 2.24) is 0 Å². The van der Waals surface area contributed by atoms with E-state index in [0.29, 0.717) is 0 Å². The van der Waals surface area contributed by atoms with E-state index in [1.807, 2.05) is 6.07 Å². The Kier molecular flexibility index (Phi) is 4.21. The van der Waals surface area contributed by atoms with E-state index in [1.54, 1.807) is 0 Å². The summed E-state index contributed by atoms with van der Waals surface area (Å²) in [6.45, 7) is 0. The lowest BCUT2D eigenvalue weighted by molar-refractivity contribution is 0.389. The van der Waals surface area contributed by atoms with Gasteiger partial charge in [0.15, 0.2) is 0 Å². The van der Waals surface area contributed by atoms with Crippen molar-refractivity contribution >= 4 is 5.69 Å². The monoisotopic (exact) mass is 276 g/mol. The quantitative estimate of drug-likeness (QED) is 0.870. The molecule has 2 aromatic carbocycles. The summed E-state index contributed by atoms with van der Waals surface area (Å²) >= 11 is 0. The van der Waals surface area contributed by atoms with E-state index in [0.717, 1.165) is 18.5 Å². The highest BCUT2D eigenvalue weighted by molar-refractivity contribution is 5.77.